The van der Waals surface area contributed by atoms with E-state index in [0.717, 1.165) is 17.3 Å². The van der Waals surface area contributed by atoms with Gasteiger partial charge >= 0.3 is 5.97 Å². The van der Waals surface area contributed by atoms with E-state index in [0.29, 0.717) is 6.54 Å². The quantitative estimate of drug-likeness (QED) is 0.776. The van der Waals surface area contributed by atoms with Crippen LogP contribution >= 0.6 is 23.4 Å². The molecular weight excluding hydrogens is 212 g/mol. The monoisotopic (exact) mass is 218 g/mol. The number of carbonyl (C=O) groups is 1. The van der Waals surface area contributed by atoms with Crippen molar-refractivity contribution in [1.29, 1.82) is 0 Å². The van der Waals surface area contributed by atoms with E-state index in [2.05, 4.69) is 4.98 Å². The van der Waals surface area contributed by atoms with E-state index in [-0.39, 0.29) is 10.8 Å². The van der Waals surface area contributed by atoms with Gasteiger partial charge < -0.3 is 9.67 Å². The predicted octanol–water partition coefficient (Wildman–Crippen LogP) is 1.48. The smallest absolute Gasteiger partial charge is 0.355 e. The van der Waals surface area contributed by atoms with E-state index in [1.807, 2.05) is 0 Å². The lowest BCUT2D eigenvalue weighted by Gasteiger charge is -2.13. The lowest BCUT2D eigenvalue weighted by Crippen LogP contribution is -2.16. The van der Waals surface area contributed by atoms with Crippen molar-refractivity contribution in [2.45, 2.75) is 12.3 Å². The van der Waals surface area contributed by atoms with Crippen molar-refractivity contribution in [3.05, 3.63) is 16.7 Å². The van der Waals surface area contributed by atoms with Crippen molar-refractivity contribution in [1.82, 2.24) is 9.55 Å². The fraction of sp³-hybridized carbons (Fsp3) is 0.429. The van der Waals surface area contributed by atoms with E-state index in [1.165, 1.54) is 0 Å². The Hall–Kier alpha value is -0.680. The number of fused-ring (bicyclic) bond motifs is 1. The maximum atomic E-state index is 10.8. The standard InChI is InChI=1S/C7H7ClN2O2S/c8-6-5(7(11)12)10-1-2-13-3-4(10)9-6/h1-3H2,(H,11,12). The maximum Gasteiger partial charge on any atom is 0.355 e. The first-order valence-electron chi connectivity index (χ1n) is 3.76. The predicted molar refractivity (Wildman–Crippen MR) is 50.4 cm³/mol. The number of hydrogen-bond donors (Lipinski definition) is 1. The van der Waals surface area contributed by atoms with Crippen LogP contribution in [0.15, 0.2) is 0 Å². The molecule has 2 heterocycles. The van der Waals surface area contributed by atoms with Gasteiger partial charge in [-0.2, -0.15) is 11.8 Å². The Morgan fingerprint density at radius 1 is 1.69 bits per heavy atom. The summed E-state index contributed by atoms with van der Waals surface area (Å²) >= 11 is 7.44. The van der Waals surface area contributed by atoms with Gasteiger partial charge in [0.1, 0.15) is 5.82 Å². The summed E-state index contributed by atoms with van der Waals surface area (Å²) in [7, 11) is 0. The van der Waals surface area contributed by atoms with Gasteiger partial charge in [0.05, 0.1) is 5.75 Å². The van der Waals surface area contributed by atoms with Gasteiger partial charge in [-0.1, -0.05) is 11.6 Å². The van der Waals surface area contributed by atoms with Gasteiger partial charge in [0.2, 0.25) is 0 Å². The Kier molecular flexibility index (Phi) is 2.21. The minimum atomic E-state index is -1.00. The van der Waals surface area contributed by atoms with Crippen molar-refractivity contribution >= 4 is 29.3 Å². The van der Waals surface area contributed by atoms with Gasteiger partial charge in [0.15, 0.2) is 10.8 Å². The molecule has 13 heavy (non-hydrogen) atoms. The lowest BCUT2D eigenvalue weighted by molar-refractivity contribution is 0.0685. The maximum absolute atomic E-state index is 10.8. The Morgan fingerprint density at radius 3 is 3.15 bits per heavy atom. The normalized spacial score (nSPS) is 15.5. The molecule has 6 heteroatoms. The fourth-order valence-corrected chi connectivity index (χ4v) is 2.48. The van der Waals surface area contributed by atoms with Crippen LogP contribution in [0, 0.1) is 0 Å². The number of rotatable bonds is 1. The number of hydrogen-bond acceptors (Lipinski definition) is 3. The van der Waals surface area contributed by atoms with Crippen LogP contribution in [0.5, 0.6) is 0 Å². The highest BCUT2D eigenvalue weighted by Gasteiger charge is 2.23. The molecule has 1 aromatic rings. The van der Waals surface area contributed by atoms with Crippen LogP contribution in [-0.2, 0) is 12.3 Å². The molecule has 1 aromatic heterocycles. The lowest BCUT2D eigenvalue weighted by atomic mass is 10.4. The molecule has 0 radical (unpaired) electrons. The minimum Gasteiger partial charge on any atom is -0.476 e. The third kappa shape index (κ3) is 1.42. The highest BCUT2D eigenvalue weighted by atomic mass is 35.5. The van der Waals surface area contributed by atoms with E-state index in [9.17, 15) is 4.79 Å². The highest BCUT2D eigenvalue weighted by Crippen LogP contribution is 2.25. The second-order valence-corrected chi connectivity index (χ2v) is 4.14. The van der Waals surface area contributed by atoms with Crippen LogP contribution in [0.1, 0.15) is 16.3 Å². The molecule has 0 aliphatic carbocycles. The van der Waals surface area contributed by atoms with Crippen LogP contribution in [0.25, 0.3) is 0 Å². The summed E-state index contributed by atoms with van der Waals surface area (Å²) in [6.45, 7) is 0.682. The Morgan fingerprint density at radius 2 is 2.46 bits per heavy atom. The number of aromatic nitrogens is 2. The number of imidazole rings is 1. The summed E-state index contributed by atoms with van der Waals surface area (Å²) in [6, 6.07) is 0. The zero-order chi connectivity index (χ0) is 9.42. The number of thioether (sulfide) groups is 1. The van der Waals surface area contributed by atoms with E-state index in [4.69, 9.17) is 16.7 Å². The van der Waals surface area contributed by atoms with E-state index in [1.54, 1.807) is 16.3 Å². The number of halogens is 1. The third-order valence-corrected chi connectivity index (χ3v) is 3.09. The molecule has 0 atom stereocenters. The topological polar surface area (TPSA) is 55.1 Å². The fourth-order valence-electron chi connectivity index (χ4n) is 1.34. The number of carboxylic acids is 1. The first kappa shape index (κ1) is 8.90. The Bertz CT molecular complexity index is 364. The second kappa shape index (κ2) is 3.23. The van der Waals surface area contributed by atoms with Gasteiger partial charge in [-0.05, 0) is 0 Å². The number of aromatic carboxylic acids is 1. The molecule has 1 N–H and O–H groups in total. The average molecular weight is 219 g/mol. The van der Waals surface area contributed by atoms with Gasteiger partial charge in [0.25, 0.3) is 0 Å². The van der Waals surface area contributed by atoms with Crippen molar-refractivity contribution in [2.75, 3.05) is 5.75 Å². The Balaban J connectivity index is 2.54. The van der Waals surface area contributed by atoms with Crippen molar-refractivity contribution < 1.29 is 9.90 Å². The molecule has 0 aromatic carbocycles. The van der Waals surface area contributed by atoms with Crippen LogP contribution in [0.3, 0.4) is 0 Å². The van der Waals surface area contributed by atoms with E-state index >= 15 is 0 Å². The summed E-state index contributed by atoms with van der Waals surface area (Å²) in [5, 5.41) is 8.96. The van der Waals surface area contributed by atoms with Crippen molar-refractivity contribution in [2.24, 2.45) is 0 Å². The molecule has 2 rings (SSSR count). The molecule has 0 saturated heterocycles. The summed E-state index contributed by atoms with van der Waals surface area (Å²) in [5.74, 6) is 1.42. The molecule has 1 aliphatic heterocycles. The third-order valence-electron chi connectivity index (χ3n) is 1.90. The second-order valence-electron chi connectivity index (χ2n) is 2.68. The van der Waals surface area contributed by atoms with Gasteiger partial charge in [0, 0.05) is 12.3 Å². The van der Waals surface area contributed by atoms with Gasteiger partial charge in [-0.3, -0.25) is 0 Å². The molecule has 0 spiro atoms. The average Bonchev–Trinajstić information content (AvgIpc) is 2.39. The zero-order valence-corrected chi connectivity index (χ0v) is 8.23. The zero-order valence-electron chi connectivity index (χ0n) is 6.66. The number of carboxylic acid groups (broad SMARTS) is 1. The molecule has 0 bridgehead atoms. The molecular formula is C7H7ClN2O2S. The van der Waals surface area contributed by atoms with Crippen molar-refractivity contribution in [3.63, 3.8) is 0 Å². The molecule has 70 valence electrons. The van der Waals surface area contributed by atoms with Crippen LogP contribution < -0.4 is 0 Å². The first-order valence-corrected chi connectivity index (χ1v) is 5.29. The SMILES string of the molecule is O=C(O)c1c(Cl)nc2n1CCSC2. The van der Waals surface area contributed by atoms with Gasteiger partial charge in [-0.25, -0.2) is 9.78 Å². The molecule has 0 unspecified atom stereocenters. The highest BCUT2D eigenvalue weighted by molar-refractivity contribution is 7.98. The summed E-state index contributed by atoms with van der Waals surface area (Å²) in [4.78, 5) is 14.8. The van der Waals surface area contributed by atoms with Crippen molar-refractivity contribution in [3.8, 4) is 0 Å². The van der Waals surface area contributed by atoms with Crippen LogP contribution in [0.4, 0.5) is 0 Å². The van der Waals surface area contributed by atoms with Crippen LogP contribution in [0.2, 0.25) is 5.15 Å². The molecule has 0 saturated carbocycles. The van der Waals surface area contributed by atoms with Crippen LogP contribution in [-0.4, -0.2) is 26.4 Å². The minimum absolute atomic E-state index is 0.102. The molecule has 1 aliphatic rings. The largest absolute Gasteiger partial charge is 0.476 e. The summed E-state index contributed by atoms with van der Waals surface area (Å²) in [5.41, 5.74) is 0.122. The molecule has 0 fully saturated rings. The van der Waals surface area contributed by atoms with E-state index < -0.39 is 5.97 Å². The number of nitrogens with zero attached hydrogens (tertiary/aromatic N) is 2. The summed E-state index contributed by atoms with van der Waals surface area (Å²) < 4.78 is 1.68. The molecule has 4 nitrogen and oxygen atoms in total. The Labute approximate surface area is 83.9 Å². The summed E-state index contributed by atoms with van der Waals surface area (Å²) in [6.07, 6.45) is 0. The molecule has 0 amide bonds. The first-order chi connectivity index (χ1) is 6.20. The van der Waals surface area contributed by atoms with Gasteiger partial charge in [-0.15, -0.1) is 0 Å².